The van der Waals surface area contributed by atoms with Crippen molar-refractivity contribution in [2.45, 2.75) is 51.6 Å². The molecular formula is C22H33N5. The fourth-order valence-corrected chi connectivity index (χ4v) is 3.56. The van der Waals surface area contributed by atoms with E-state index in [0.29, 0.717) is 6.04 Å². The second-order valence-electron chi connectivity index (χ2n) is 8.82. The smallest absolute Gasteiger partial charge is 0.133 e. The average molecular weight is 368 g/mol. The van der Waals surface area contributed by atoms with Crippen molar-refractivity contribution in [1.29, 1.82) is 0 Å². The van der Waals surface area contributed by atoms with E-state index in [9.17, 15) is 0 Å². The SMILES string of the molecule is CN(C)c1cc(NC2CCCN(Cc3ccc(C(C)(C)C)cc3)C2)ncn1. The summed E-state index contributed by atoms with van der Waals surface area (Å²) in [6.07, 6.45) is 4.03. The fourth-order valence-electron chi connectivity index (χ4n) is 3.56. The number of anilines is 2. The summed E-state index contributed by atoms with van der Waals surface area (Å²) in [6, 6.07) is 11.6. The Morgan fingerprint density at radius 3 is 2.56 bits per heavy atom. The third-order valence-electron chi connectivity index (χ3n) is 5.19. The maximum atomic E-state index is 4.39. The number of hydrogen-bond acceptors (Lipinski definition) is 5. The van der Waals surface area contributed by atoms with Crippen LogP contribution < -0.4 is 10.2 Å². The monoisotopic (exact) mass is 367 g/mol. The first kappa shape index (κ1) is 19.6. The van der Waals surface area contributed by atoms with Crippen LogP contribution in [-0.2, 0) is 12.0 Å². The van der Waals surface area contributed by atoms with Crippen LogP contribution in [0.25, 0.3) is 0 Å². The second kappa shape index (κ2) is 8.26. The van der Waals surface area contributed by atoms with Crippen molar-refractivity contribution in [3.05, 3.63) is 47.8 Å². The molecule has 1 aliphatic heterocycles. The summed E-state index contributed by atoms with van der Waals surface area (Å²) < 4.78 is 0. The quantitative estimate of drug-likeness (QED) is 0.868. The highest BCUT2D eigenvalue weighted by molar-refractivity contribution is 5.47. The minimum atomic E-state index is 0.210. The van der Waals surface area contributed by atoms with E-state index in [1.54, 1.807) is 6.33 Å². The van der Waals surface area contributed by atoms with Gasteiger partial charge in [-0.05, 0) is 35.9 Å². The molecule has 3 rings (SSSR count). The molecule has 0 saturated carbocycles. The van der Waals surface area contributed by atoms with Gasteiger partial charge in [0.2, 0.25) is 0 Å². The average Bonchev–Trinajstić information content (AvgIpc) is 2.62. The lowest BCUT2D eigenvalue weighted by Gasteiger charge is -2.33. The molecule has 1 aromatic carbocycles. The Labute approximate surface area is 163 Å². The molecule has 1 unspecified atom stereocenters. The van der Waals surface area contributed by atoms with E-state index < -0.39 is 0 Å². The maximum absolute atomic E-state index is 4.39. The zero-order chi connectivity index (χ0) is 19.4. The standard InChI is InChI=1S/C22H33N5/c1-22(2,3)18-10-8-17(9-11-18)14-27-12-6-7-19(15-27)25-20-13-21(26(4)5)24-16-23-20/h8-11,13,16,19H,6-7,12,14-15H2,1-5H3,(H,23,24,25). The minimum Gasteiger partial charge on any atom is -0.366 e. The van der Waals surface area contributed by atoms with E-state index in [1.165, 1.54) is 24.0 Å². The molecule has 27 heavy (non-hydrogen) atoms. The van der Waals surface area contributed by atoms with Crippen LogP contribution in [0.4, 0.5) is 11.6 Å². The van der Waals surface area contributed by atoms with Crippen LogP contribution in [-0.4, -0.2) is 48.1 Å². The highest BCUT2D eigenvalue weighted by atomic mass is 15.2. The summed E-state index contributed by atoms with van der Waals surface area (Å²) in [5.41, 5.74) is 2.99. The van der Waals surface area contributed by atoms with Gasteiger partial charge in [0.05, 0.1) is 0 Å². The van der Waals surface area contributed by atoms with Crippen molar-refractivity contribution in [2.24, 2.45) is 0 Å². The predicted molar refractivity (Wildman–Crippen MR) is 113 cm³/mol. The number of benzene rings is 1. The Balaban J connectivity index is 1.58. The van der Waals surface area contributed by atoms with Crippen molar-refractivity contribution >= 4 is 11.6 Å². The van der Waals surface area contributed by atoms with Crippen LogP contribution in [0.15, 0.2) is 36.7 Å². The number of aromatic nitrogens is 2. The fraction of sp³-hybridized carbons (Fsp3) is 0.545. The molecule has 0 aliphatic carbocycles. The lowest BCUT2D eigenvalue weighted by Crippen LogP contribution is -2.41. The molecule has 0 bridgehead atoms. The molecule has 5 heteroatoms. The molecule has 2 heterocycles. The van der Waals surface area contributed by atoms with Crippen molar-refractivity contribution in [2.75, 3.05) is 37.4 Å². The van der Waals surface area contributed by atoms with E-state index in [1.807, 2.05) is 25.1 Å². The van der Waals surface area contributed by atoms with E-state index >= 15 is 0 Å². The third-order valence-corrected chi connectivity index (χ3v) is 5.19. The summed E-state index contributed by atoms with van der Waals surface area (Å²) in [4.78, 5) is 13.2. The van der Waals surface area contributed by atoms with Gasteiger partial charge in [0.15, 0.2) is 0 Å². The highest BCUT2D eigenvalue weighted by Gasteiger charge is 2.21. The molecular weight excluding hydrogens is 334 g/mol. The van der Waals surface area contributed by atoms with Gasteiger partial charge in [-0.3, -0.25) is 4.90 Å². The van der Waals surface area contributed by atoms with Crippen molar-refractivity contribution in [3.63, 3.8) is 0 Å². The zero-order valence-electron chi connectivity index (χ0n) is 17.4. The van der Waals surface area contributed by atoms with Crippen molar-refractivity contribution in [3.8, 4) is 0 Å². The molecule has 1 aliphatic rings. The first-order valence-electron chi connectivity index (χ1n) is 9.89. The number of piperidine rings is 1. The Hall–Kier alpha value is -2.14. The topological polar surface area (TPSA) is 44.3 Å². The number of nitrogens with one attached hydrogen (secondary N) is 1. The summed E-state index contributed by atoms with van der Waals surface area (Å²) in [7, 11) is 4.00. The van der Waals surface area contributed by atoms with Crippen molar-refractivity contribution in [1.82, 2.24) is 14.9 Å². The Morgan fingerprint density at radius 1 is 1.15 bits per heavy atom. The van der Waals surface area contributed by atoms with E-state index in [4.69, 9.17) is 0 Å². The van der Waals surface area contributed by atoms with Gasteiger partial charge in [0, 0.05) is 39.3 Å². The molecule has 1 aromatic heterocycles. The largest absolute Gasteiger partial charge is 0.366 e. The maximum Gasteiger partial charge on any atom is 0.133 e. The van der Waals surface area contributed by atoms with Gasteiger partial charge in [-0.15, -0.1) is 0 Å². The van der Waals surface area contributed by atoms with E-state index in [-0.39, 0.29) is 5.41 Å². The predicted octanol–water partition coefficient (Wildman–Crippen LogP) is 3.92. The van der Waals surface area contributed by atoms with Gasteiger partial charge in [0.1, 0.15) is 18.0 Å². The molecule has 0 amide bonds. The number of likely N-dealkylation sites (tertiary alicyclic amines) is 1. The minimum absolute atomic E-state index is 0.210. The van der Waals surface area contributed by atoms with Crippen LogP contribution >= 0.6 is 0 Å². The second-order valence-corrected chi connectivity index (χ2v) is 8.82. The molecule has 2 aromatic rings. The zero-order valence-corrected chi connectivity index (χ0v) is 17.4. The first-order valence-corrected chi connectivity index (χ1v) is 9.89. The summed E-state index contributed by atoms with van der Waals surface area (Å²) in [6.45, 7) is 10.00. The molecule has 1 saturated heterocycles. The lowest BCUT2D eigenvalue weighted by molar-refractivity contribution is 0.208. The molecule has 5 nitrogen and oxygen atoms in total. The van der Waals surface area contributed by atoms with E-state index in [0.717, 1.165) is 31.3 Å². The number of rotatable bonds is 5. The summed E-state index contributed by atoms with van der Waals surface area (Å²) in [5, 5.41) is 3.60. The van der Waals surface area contributed by atoms with Gasteiger partial charge in [-0.2, -0.15) is 0 Å². The molecule has 0 spiro atoms. The molecule has 1 fully saturated rings. The molecule has 0 radical (unpaired) electrons. The number of nitrogens with zero attached hydrogens (tertiary/aromatic N) is 4. The highest BCUT2D eigenvalue weighted by Crippen LogP contribution is 2.23. The van der Waals surface area contributed by atoms with Gasteiger partial charge in [0.25, 0.3) is 0 Å². The van der Waals surface area contributed by atoms with Crippen LogP contribution in [0.3, 0.4) is 0 Å². The van der Waals surface area contributed by atoms with Crippen LogP contribution in [0.2, 0.25) is 0 Å². The third kappa shape index (κ3) is 5.42. The van der Waals surface area contributed by atoms with Gasteiger partial charge >= 0.3 is 0 Å². The summed E-state index contributed by atoms with van der Waals surface area (Å²) >= 11 is 0. The molecule has 1 atom stereocenters. The normalized spacial score (nSPS) is 18.3. The van der Waals surface area contributed by atoms with Crippen LogP contribution in [0.1, 0.15) is 44.7 Å². The van der Waals surface area contributed by atoms with Crippen LogP contribution in [0, 0.1) is 0 Å². The molecule has 1 N–H and O–H groups in total. The first-order chi connectivity index (χ1) is 12.8. The van der Waals surface area contributed by atoms with Gasteiger partial charge in [-0.1, -0.05) is 45.0 Å². The lowest BCUT2D eigenvalue weighted by atomic mass is 9.86. The number of hydrogen-bond donors (Lipinski definition) is 1. The Bertz CT molecular complexity index is 733. The van der Waals surface area contributed by atoms with Crippen LogP contribution in [0.5, 0.6) is 0 Å². The van der Waals surface area contributed by atoms with Gasteiger partial charge in [-0.25, -0.2) is 9.97 Å². The Morgan fingerprint density at radius 2 is 1.89 bits per heavy atom. The van der Waals surface area contributed by atoms with E-state index in [2.05, 4.69) is 65.2 Å². The Kier molecular flexibility index (Phi) is 6.00. The van der Waals surface area contributed by atoms with Gasteiger partial charge < -0.3 is 10.2 Å². The van der Waals surface area contributed by atoms with Crippen molar-refractivity contribution < 1.29 is 0 Å². The molecule has 146 valence electrons. The summed E-state index contributed by atoms with van der Waals surface area (Å²) in [5.74, 6) is 1.84.